The van der Waals surface area contributed by atoms with Gasteiger partial charge in [0.25, 0.3) is 0 Å². The zero-order valence-electron chi connectivity index (χ0n) is 16.0. The van der Waals surface area contributed by atoms with Crippen molar-refractivity contribution >= 4 is 0 Å². The maximum absolute atomic E-state index is 13.3. The minimum atomic E-state index is -0.827. The summed E-state index contributed by atoms with van der Waals surface area (Å²) in [6.45, 7) is 4.73. The first-order valence-electron chi connectivity index (χ1n) is 10.1. The molecule has 1 aromatic carbocycles. The van der Waals surface area contributed by atoms with Crippen LogP contribution in [0.3, 0.4) is 0 Å². The van der Waals surface area contributed by atoms with Crippen LogP contribution in [0.25, 0.3) is 0 Å². The number of ether oxygens (including phenoxy) is 4. The molecule has 0 atom stereocenters. The van der Waals surface area contributed by atoms with Gasteiger partial charge in [0.15, 0.2) is 24.2 Å². The van der Waals surface area contributed by atoms with Gasteiger partial charge in [0.1, 0.15) is 0 Å². The smallest absolute Gasteiger partial charge is 0.164 e. The van der Waals surface area contributed by atoms with Gasteiger partial charge in [0, 0.05) is 12.3 Å². The first-order chi connectivity index (χ1) is 13.2. The Kier molecular flexibility index (Phi) is 8.00. The Bertz CT molecular complexity index is 567. The summed E-state index contributed by atoms with van der Waals surface area (Å²) in [5, 5.41) is 0. The molecule has 2 saturated heterocycles. The number of rotatable bonds is 8. The summed E-state index contributed by atoms with van der Waals surface area (Å²) in [6.07, 6.45) is 5.45. The van der Waals surface area contributed by atoms with Gasteiger partial charge in [-0.25, -0.2) is 8.78 Å². The number of halogens is 2. The first kappa shape index (κ1) is 20.6. The van der Waals surface area contributed by atoms with Crippen LogP contribution in [0, 0.1) is 23.5 Å². The third kappa shape index (κ3) is 6.21. The lowest BCUT2D eigenvalue weighted by molar-refractivity contribution is -0.281. The average Bonchev–Trinajstić information content (AvgIpc) is 2.70. The van der Waals surface area contributed by atoms with E-state index in [4.69, 9.17) is 18.9 Å². The molecule has 0 saturated carbocycles. The molecule has 27 heavy (non-hydrogen) atoms. The highest BCUT2D eigenvalue weighted by Gasteiger charge is 2.33. The molecule has 0 radical (unpaired) electrons. The number of benzene rings is 1. The Morgan fingerprint density at radius 3 is 2.30 bits per heavy atom. The quantitative estimate of drug-likeness (QED) is 0.621. The van der Waals surface area contributed by atoms with Crippen molar-refractivity contribution in [1.29, 1.82) is 0 Å². The van der Waals surface area contributed by atoms with E-state index in [-0.39, 0.29) is 18.5 Å². The lowest BCUT2D eigenvalue weighted by Gasteiger charge is -2.37. The van der Waals surface area contributed by atoms with Crippen LogP contribution < -0.4 is 0 Å². The van der Waals surface area contributed by atoms with E-state index >= 15 is 0 Å². The molecule has 2 aliphatic heterocycles. The van der Waals surface area contributed by atoms with Crippen LogP contribution in [0.15, 0.2) is 18.2 Å². The second-order valence-electron chi connectivity index (χ2n) is 7.54. The molecule has 152 valence electrons. The fourth-order valence-corrected chi connectivity index (χ4v) is 3.54. The van der Waals surface area contributed by atoms with Crippen molar-refractivity contribution in [2.75, 3.05) is 26.4 Å². The number of unbranched alkanes of at least 4 members (excludes halogenated alkanes) is 2. The molecule has 0 bridgehead atoms. The van der Waals surface area contributed by atoms with Crippen molar-refractivity contribution in [3.8, 4) is 0 Å². The average molecular weight is 384 g/mol. The van der Waals surface area contributed by atoms with Gasteiger partial charge in [-0.15, -0.1) is 0 Å². The fourth-order valence-electron chi connectivity index (χ4n) is 3.54. The van der Waals surface area contributed by atoms with Crippen LogP contribution in [-0.2, 0) is 25.4 Å². The van der Waals surface area contributed by atoms with Gasteiger partial charge in [-0.3, -0.25) is 0 Å². The van der Waals surface area contributed by atoms with E-state index in [0.717, 1.165) is 31.3 Å². The van der Waals surface area contributed by atoms with Crippen LogP contribution in [0.2, 0.25) is 0 Å². The summed E-state index contributed by atoms with van der Waals surface area (Å²) in [7, 11) is 0. The number of aryl methyl sites for hydroxylation is 1. The highest BCUT2D eigenvalue weighted by Crippen LogP contribution is 2.25. The monoisotopic (exact) mass is 384 g/mol. The molecule has 6 heteroatoms. The molecule has 1 aromatic rings. The molecular weight excluding hydrogens is 354 g/mol. The molecule has 0 aromatic heterocycles. The fraction of sp³-hybridized carbons (Fsp3) is 0.714. The van der Waals surface area contributed by atoms with Gasteiger partial charge in [-0.05, 0) is 30.5 Å². The minimum Gasteiger partial charge on any atom is -0.352 e. The topological polar surface area (TPSA) is 36.9 Å². The van der Waals surface area contributed by atoms with Crippen LogP contribution in [0.5, 0.6) is 0 Å². The predicted octanol–water partition coefficient (Wildman–Crippen LogP) is 4.46. The molecule has 0 aliphatic carbocycles. The maximum Gasteiger partial charge on any atom is 0.164 e. The normalized spacial score (nSPS) is 29.0. The van der Waals surface area contributed by atoms with Gasteiger partial charge < -0.3 is 18.9 Å². The summed E-state index contributed by atoms with van der Waals surface area (Å²) < 4.78 is 49.5. The van der Waals surface area contributed by atoms with E-state index in [9.17, 15) is 8.78 Å². The van der Waals surface area contributed by atoms with Crippen molar-refractivity contribution in [3.63, 3.8) is 0 Å². The van der Waals surface area contributed by atoms with E-state index in [2.05, 4.69) is 6.92 Å². The largest absolute Gasteiger partial charge is 0.352 e. The van der Waals surface area contributed by atoms with Crippen LogP contribution in [0.4, 0.5) is 8.78 Å². The number of hydrogen-bond donors (Lipinski definition) is 0. The Hall–Kier alpha value is -1.08. The van der Waals surface area contributed by atoms with E-state index in [1.165, 1.54) is 25.3 Å². The van der Waals surface area contributed by atoms with Crippen molar-refractivity contribution in [1.82, 2.24) is 0 Å². The summed E-state index contributed by atoms with van der Waals surface area (Å²) in [6, 6.07) is 3.96. The highest BCUT2D eigenvalue weighted by atomic mass is 19.2. The van der Waals surface area contributed by atoms with E-state index in [1.807, 2.05) is 0 Å². The Balaban J connectivity index is 1.34. The molecular formula is C21H30F2O4. The second-order valence-corrected chi connectivity index (χ2v) is 7.54. The van der Waals surface area contributed by atoms with Crippen molar-refractivity contribution in [2.24, 2.45) is 11.8 Å². The van der Waals surface area contributed by atoms with E-state index in [1.54, 1.807) is 6.07 Å². The van der Waals surface area contributed by atoms with Gasteiger partial charge in [-0.1, -0.05) is 32.3 Å². The third-order valence-corrected chi connectivity index (χ3v) is 5.24. The molecule has 3 rings (SSSR count). The Morgan fingerprint density at radius 1 is 0.889 bits per heavy atom. The zero-order valence-corrected chi connectivity index (χ0v) is 16.0. The molecule has 0 unspecified atom stereocenters. The summed E-state index contributed by atoms with van der Waals surface area (Å²) in [5.74, 6) is -1.09. The van der Waals surface area contributed by atoms with Gasteiger partial charge in [-0.2, -0.15) is 0 Å². The number of hydrogen-bond acceptors (Lipinski definition) is 4. The van der Waals surface area contributed by atoms with Crippen LogP contribution in [-0.4, -0.2) is 39.0 Å². The summed E-state index contributed by atoms with van der Waals surface area (Å²) in [5.41, 5.74) is 0.733. The molecule has 2 heterocycles. The van der Waals surface area contributed by atoms with Crippen molar-refractivity contribution in [3.05, 3.63) is 35.4 Å². The third-order valence-electron chi connectivity index (χ3n) is 5.24. The van der Waals surface area contributed by atoms with Crippen LogP contribution >= 0.6 is 0 Å². The molecule has 0 amide bonds. The highest BCUT2D eigenvalue weighted by molar-refractivity contribution is 5.17. The standard InChI is InChI=1S/C21H30F2O4/c1-2-3-4-5-16-11-26-21(27-12-16)17-13-24-20(25-14-17)9-7-15-6-8-18(22)19(23)10-15/h6,8,10,16-17,20-21H,2-5,7,9,11-14H2,1H3. The van der Waals surface area contributed by atoms with Crippen molar-refractivity contribution < 1.29 is 27.7 Å². The first-order valence-corrected chi connectivity index (χ1v) is 10.1. The Labute approximate surface area is 160 Å². The van der Waals surface area contributed by atoms with Gasteiger partial charge in [0.05, 0.1) is 32.3 Å². The van der Waals surface area contributed by atoms with Gasteiger partial charge in [0.2, 0.25) is 0 Å². The molecule has 2 aliphatic rings. The minimum absolute atomic E-state index is 0.0705. The molecule has 4 nitrogen and oxygen atoms in total. The predicted molar refractivity (Wildman–Crippen MR) is 97.2 cm³/mol. The van der Waals surface area contributed by atoms with E-state index in [0.29, 0.717) is 32.0 Å². The maximum atomic E-state index is 13.3. The zero-order chi connectivity index (χ0) is 19.1. The molecule has 0 spiro atoms. The van der Waals surface area contributed by atoms with Crippen molar-refractivity contribution in [2.45, 2.75) is 58.0 Å². The summed E-state index contributed by atoms with van der Waals surface area (Å²) >= 11 is 0. The Morgan fingerprint density at radius 2 is 1.63 bits per heavy atom. The lowest BCUT2D eigenvalue weighted by atomic mass is 10.0. The lowest BCUT2D eigenvalue weighted by Crippen LogP contribution is -2.44. The van der Waals surface area contributed by atoms with Crippen LogP contribution in [0.1, 0.15) is 44.6 Å². The van der Waals surface area contributed by atoms with Gasteiger partial charge >= 0.3 is 0 Å². The summed E-state index contributed by atoms with van der Waals surface area (Å²) in [4.78, 5) is 0. The van der Waals surface area contributed by atoms with E-state index < -0.39 is 11.6 Å². The SMILES string of the molecule is CCCCCC1COC(C2COC(CCc3ccc(F)c(F)c3)OC2)OC1. The molecule has 2 fully saturated rings. The second kappa shape index (κ2) is 10.5. The molecule has 0 N–H and O–H groups in total.